The van der Waals surface area contributed by atoms with Gasteiger partial charge in [0.25, 0.3) is 0 Å². The summed E-state index contributed by atoms with van der Waals surface area (Å²) in [6.07, 6.45) is 0.862. The van der Waals surface area contributed by atoms with E-state index in [2.05, 4.69) is 10.6 Å². The van der Waals surface area contributed by atoms with Gasteiger partial charge in [-0.05, 0) is 41.8 Å². The van der Waals surface area contributed by atoms with Gasteiger partial charge in [0.05, 0.1) is 19.6 Å². The van der Waals surface area contributed by atoms with E-state index in [1.807, 2.05) is 36.4 Å². The zero-order valence-electron chi connectivity index (χ0n) is 14.9. The fourth-order valence-electron chi connectivity index (χ4n) is 2.63. The average molecular weight is 375 g/mol. The molecule has 138 valence electrons. The Balaban J connectivity index is 1.91. The van der Waals surface area contributed by atoms with Gasteiger partial charge in [0.1, 0.15) is 5.75 Å². The van der Waals surface area contributed by atoms with Gasteiger partial charge in [0.15, 0.2) is 0 Å². The maximum atomic E-state index is 12.3. The predicted octanol–water partition coefficient (Wildman–Crippen LogP) is 3.27. The molecular formula is C20H23ClN2O3. The monoisotopic (exact) mass is 374 g/mol. The number of carbonyl (C=O) groups excluding carboxylic acids is 2. The zero-order chi connectivity index (χ0) is 18.9. The van der Waals surface area contributed by atoms with Gasteiger partial charge in [0, 0.05) is 18.5 Å². The lowest BCUT2D eigenvalue weighted by atomic mass is 10.0. The van der Waals surface area contributed by atoms with Crippen LogP contribution in [0.2, 0.25) is 5.02 Å². The maximum absolute atomic E-state index is 12.3. The van der Waals surface area contributed by atoms with Crippen molar-refractivity contribution in [3.63, 3.8) is 0 Å². The molecule has 0 fully saturated rings. The molecule has 0 aromatic heterocycles. The van der Waals surface area contributed by atoms with Gasteiger partial charge in [-0.3, -0.25) is 9.59 Å². The summed E-state index contributed by atoms with van der Waals surface area (Å²) < 4.78 is 5.14. The Morgan fingerprint density at radius 2 is 1.88 bits per heavy atom. The van der Waals surface area contributed by atoms with Gasteiger partial charge in [0.2, 0.25) is 11.8 Å². The molecule has 0 spiro atoms. The van der Waals surface area contributed by atoms with Gasteiger partial charge >= 0.3 is 0 Å². The molecule has 0 aliphatic carbocycles. The number of rotatable bonds is 8. The summed E-state index contributed by atoms with van der Waals surface area (Å²) in [5.74, 6) is 0.417. The minimum Gasteiger partial charge on any atom is -0.497 e. The normalized spacial score (nSPS) is 11.5. The Bertz CT molecular complexity index is 747. The van der Waals surface area contributed by atoms with Crippen LogP contribution in [0.5, 0.6) is 5.75 Å². The molecule has 0 saturated heterocycles. The lowest BCUT2D eigenvalue weighted by molar-refractivity contribution is -0.122. The lowest BCUT2D eigenvalue weighted by Gasteiger charge is -2.18. The van der Waals surface area contributed by atoms with Crippen LogP contribution in [-0.4, -0.2) is 25.5 Å². The summed E-state index contributed by atoms with van der Waals surface area (Å²) in [5.41, 5.74) is 1.91. The maximum Gasteiger partial charge on any atom is 0.222 e. The number of hydrogen-bond donors (Lipinski definition) is 2. The number of benzene rings is 2. The topological polar surface area (TPSA) is 67.4 Å². The van der Waals surface area contributed by atoms with E-state index in [1.54, 1.807) is 19.2 Å². The summed E-state index contributed by atoms with van der Waals surface area (Å²) in [4.78, 5) is 23.8. The van der Waals surface area contributed by atoms with E-state index < -0.39 is 0 Å². The fourth-order valence-corrected chi connectivity index (χ4v) is 2.84. The molecule has 26 heavy (non-hydrogen) atoms. The third-order valence-corrected chi connectivity index (χ3v) is 4.15. The second-order valence-corrected chi connectivity index (χ2v) is 6.40. The molecule has 1 atom stereocenters. The second kappa shape index (κ2) is 9.82. The van der Waals surface area contributed by atoms with E-state index in [0.29, 0.717) is 18.0 Å². The van der Waals surface area contributed by atoms with Gasteiger partial charge < -0.3 is 15.4 Å². The second-order valence-electron chi connectivity index (χ2n) is 5.96. The Labute approximate surface area is 158 Å². The van der Waals surface area contributed by atoms with Gasteiger partial charge in [-0.15, -0.1) is 0 Å². The fraction of sp³-hybridized carbons (Fsp3) is 0.300. The first-order valence-corrected chi connectivity index (χ1v) is 8.78. The van der Waals surface area contributed by atoms with Crippen molar-refractivity contribution in [3.8, 4) is 5.75 Å². The van der Waals surface area contributed by atoms with Crippen LogP contribution in [0.3, 0.4) is 0 Å². The number of carbonyl (C=O) groups is 2. The number of amides is 2. The van der Waals surface area contributed by atoms with Gasteiger partial charge in [-0.25, -0.2) is 0 Å². The standard InChI is InChI=1S/C20H23ClN2O3/c1-14(24)23-19(16-6-8-18(26-2)9-7-16)13-20(25)22-11-10-15-4-3-5-17(21)12-15/h3-9,12,19H,10-11,13H2,1-2H3,(H,22,25)(H,23,24). The van der Waals surface area contributed by atoms with Crippen LogP contribution in [0.25, 0.3) is 0 Å². The minimum absolute atomic E-state index is 0.124. The van der Waals surface area contributed by atoms with Crippen molar-refractivity contribution >= 4 is 23.4 Å². The van der Waals surface area contributed by atoms with Crippen molar-refractivity contribution < 1.29 is 14.3 Å². The van der Waals surface area contributed by atoms with Gasteiger partial charge in [-0.1, -0.05) is 35.9 Å². The molecule has 2 rings (SSSR count). The Morgan fingerprint density at radius 1 is 1.15 bits per heavy atom. The van der Waals surface area contributed by atoms with E-state index >= 15 is 0 Å². The number of ether oxygens (including phenoxy) is 1. The van der Waals surface area contributed by atoms with Crippen molar-refractivity contribution in [2.75, 3.05) is 13.7 Å². The summed E-state index contributed by atoms with van der Waals surface area (Å²) in [6, 6.07) is 14.5. The van der Waals surface area contributed by atoms with Crippen molar-refractivity contribution in [2.45, 2.75) is 25.8 Å². The van der Waals surface area contributed by atoms with Crippen LogP contribution < -0.4 is 15.4 Å². The predicted molar refractivity (Wildman–Crippen MR) is 102 cm³/mol. The molecule has 5 nitrogen and oxygen atoms in total. The van der Waals surface area contributed by atoms with Crippen molar-refractivity contribution in [3.05, 3.63) is 64.7 Å². The zero-order valence-corrected chi connectivity index (χ0v) is 15.7. The highest BCUT2D eigenvalue weighted by atomic mass is 35.5. The SMILES string of the molecule is COc1ccc(C(CC(=O)NCCc2cccc(Cl)c2)NC(C)=O)cc1. The molecule has 0 aliphatic rings. The van der Waals surface area contributed by atoms with Crippen LogP contribution in [0.4, 0.5) is 0 Å². The number of nitrogens with one attached hydrogen (secondary N) is 2. The molecule has 0 aliphatic heterocycles. The van der Waals surface area contributed by atoms with Crippen LogP contribution in [0, 0.1) is 0 Å². The molecule has 2 N–H and O–H groups in total. The lowest BCUT2D eigenvalue weighted by Crippen LogP contribution is -2.33. The Kier molecular flexibility index (Phi) is 7.48. The molecule has 0 radical (unpaired) electrons. The molecule has 0 heterocycles. The first-order chi connectivity index (χ1) is 12.5. The van der Waals surface area contributed by atoms with Crippen LogP contribution in [-0.2, 0) is 16.0 Å². The third-order valence-electron chi connectivity index (χ3n) is 3.91. The highest BCUT2D eigenvalue weighted by Crippen LogP contribution is 2.20. The minimum atomic E-state index is -0.385. The van der Waals surface area contributed by atoms with E-state index in [1.165, 1.54) is 6.92 Å². The first kappa shape index (κ1) is 19.8. The number of halogens is 1. The van der Waals surface area contributed by atoms with Crippen molar-refractivity contribution in [2.24, 2.45) is 0 Å². The quantitative estimate of drug-likeness (QED) is 0.745. The summed E-state index contributed by atoms with van der Waals surface area (Å²) in [7, 11) is 1.59. The summed E-state index contributed by atoms with van der Waals surface area (Å²) in [5, 5.41) is 6.39. The molecular weight excluding hydrogens is 352 g/mol. The molecule has 6 heteroatoms. The summed E-state index contributed by atoms with van der Waals surface area (Å²) in [6.45, 7) is 1.95. The Hall–Kier alpha value is -2.53. The number of hydrogen-bond acceptors (Lipinski definition) is 3. The first-order valence-electron chi connectivity index (χ1n) is 8.40. The van der Waals surface area contributed by atoms with Crippen LogP contribution >= 0.6 is 11.6 Å². The van der Waals surface area contributed by atoms with E-state index in [-0.39, 0.29) is 24.3 Å². The molecule has 2 amide bonds. The molecule has 2 aromatic rings. The van der Waals surface area contributed by atoms with Crippen molar-refractivity contribution in [1.82, 2.24) is 10.6 Å². The number of methoxy groups -OCH3 is 1. The molecule has 2 aromatic carbocycles. The van der Waals surface area contributed by atoms with Gasteiger partial charge in [-0.2, -0.15) is 0 Å². The van der Waals surface area contributed by atoms with E-state index in [9.17, 15) is 9.59 Å². The molecule has 0 bridgehead atoms. The molecule has 0 saturated carbocycles. The Morgan fingerprint density at radius 3 is 2.50 bits per heavy atom. The van der Waals surface area contributed by atoms with Crippen LogP contribution in [0.15, 0.2) is 48.5 Å². The third kappa shape index (κ3) is 6.41. The van der Waals surface area contributed by atoms with E-state index in [0.717, 1.165) is 16.9 Å². The average Bonchev–Trinajstić information content (AvgIpc) is 2.61. The highest BCUT2D eigenvalue weighted by molar-refractivity contribution is 6.30. The van der Waals surface area contributed by atoms with Crippen LogP contribution in [0.1, 0.15) is 30.5 Å². The summed E-state index contributed by atoms with van der Waals surface area (Å²) >= 11 is 5.96. The van der Waals surface area contributed by atoms with E-state index in [4.69, 9.17) is 16.3 Å². The molecule has 1 unspecified atom stereocenters. The largest absolute Gasteiger partial charge is 0.497 e. The smallest absolute Gasteiger partial charge is 0.222 e. The highest BCUT2D eigenvalue weighted by Gasteiger charge is 2.17. The van der Waals surface area contributed by atoms with Crippen molar-refractivity contribution in [1.29, 1.82) is 0 Å².